The number of methoxy groups -OCH3 is 1. The number of benzene rings is 1. The van der Waals surface area contributed by atoms with Crippen molar-refractivity contribution in [2.24, 2.45) is 0 Å². The van der Waals surface area contributed by atoms with E-state index in [0.29, 0.717) is 13.2 Å². The summed E-state index contributed by atoms with van der Waals surface area (Å²) in [6.45, 7) is 1.46. The van der Waals surface area contributed by atoms with E-state index >= 15 is 0 Å². The number of ether oxygens (including phenoxy) is 6. The summed E-state index contributed by atoms with van der Waals surface area (Å²) in [4.78, 5) is 13.2. The molecule has 0 bridgehead atoms. The van der Waals surface area contributed by atoms with Gasteiger partial charge in [-0.05, 0) is 42.0 Å². The van der Waals surface area contributed by atoms with Crippen LogP contribution in [0.4, 0.5) is 0 Å². The zero-order chi connectivity index (χ0) is 37.1. The van der Waals surface area contributed by atoms with Crippen LogP contribution in [0.25, 0.3) is 0 Å². The molecule has 20 nitrogen and oxygen atoms in total. The van der Waals surface area contributed by atoms with Crippen LogP contribution in [0.2, 0.25) is 0 Å². The number of halogens is 2. The Morgan fingerprint density at radius 1 is 0.564 bits per heavy atom. The Hall–Kier alpha value is -2.92. The molecule has 0 aliphatic carbocycles. The molecule has 1 aromatic carbocycles. The van der Waals surface area contributed by atoms with Gasteiger partial charge in [-0.25, -0.2) is 37.3 Å². The maximum atomic E-state index is 8.49. The van der Waals surface area contributed by atoms with Crippen molar-refractivity contribution in [3.05, 3.63) is 126 Å². The van der Waals surface area contributed by atoms with Gasteiger partial charge in [-0.2, -0.15) is 0 Å². The molecule has 5 rings (SSSR count). The third-order valence-corrected chi connectivity index (χ3v) is 6.67. The van der Waals surface area contributed by atoms with Crippen molar-refractivity contribution in [1.29, 1.82) is 0 Å². The largest absolute Gasteiger partial charge is 2.00 e. The molecule has 0 amide bonds. The molecule has 0 saturated carbocycles. The quantitative estimate of drug-likeness (QED) is 0.106. The Bertz CT molecular complexity index is 1470. The van der Waals surface area contributed by atoms with Crippen LogP contribution >= 0.6 is 0 Å². The molecule has 8 N–H and O–H groups in total. The maximum absolute atomic E-state index is 8.49. The van der Waals surface area contributed by atoms with Gasteiger partial charge in [0.1, 0.15) is 24.4 Å². The van der Waals surface area contributed by atoms with Crippen LogP contribution in [0.3, 0.4) is 0 Å². The van der Waals surface area contributed by atoms with Crippen LogP contribution < -0.4 is 37.3 Å². The van der Waals surface area contributed by atoms with Crippen molar-refractivity contribution in [2.45, 2.75) is 57.1 Å². The number of hydrogen-bond donors (Lipinski definition) is 0. The van der Waals surface area contributed by atoms with Crippen LogP contribution in [0.5, 0.6) is 0 Å². The molecular formula is C32H43Cl2CoN3O17+2. The normalized spacial score (nSPS) is 18.9. The standard InChI is InChI=1S/C32H35N3O6.2ClHO4.Co.3H2O/c1-36-32-31(40-22-27-15-7-10-18-35-27)30(39-21-26-14-6-9-17-34-26)29(38-19-24-11-3-2-4-12-24)28(41-32)23-37-20-25-13-5-8-16-33-25;2*2-1(3,4)5;;;;/h2-18,28-32H,19-23H2,1H3;2*(H,2,3,4,5);;3*1H2/q;;;+2;;;/t28-,29-,30+,31+,32+;;;;;;/m1....../s1. The van der Waals surface area contributed by atoms with Crippen LogP contribution in [0.15, 0.2) is 104 Å². The summed E-state index contributed by atoms with van der Waals surface area (Å²) in [5.74, 6) is 0. The second kappa shape index (κ2) is 28.5. The topological polar surface area (TPSA) is 376 Å². The first kappa shape index (κ1) is 54.2. The molecule has 3 aromatic heterocycles. The van der Waals surface area contributed by atoms with E-state index in [1.54, 1.807) is 25.7 Å². The monoisotopic (exact) mass is 870 g/mol. The van der Waals surface area contributed by atoms with Crippen LogP contribution in [-0.2, 0) is 82.6 Å². The van der Waals surface area contributed by atoms with Gasteiger partial charge < -0.3 is 44.8 Å². The predicted molar refractivity (Wildman–Crippen MR) is 164 cm³/mol. The van der Waals surface area contributed by atoms with Crippen molar-refractivity contribution < 1.29 is 119 Å². The molecule has 1 aliphatic rings. The molecular weight excluding hydrogens is 828 g/mol. The first-order valence-electron chi connectivity index (χ1n) is 14.9. The zero-order valence-corrected chi connectivity index (χ0v) is 31.6. The van der Waals surface area contributed by atoms with Gasteiger partial charge in [0.25, 0.3) is 0 Å². The summed E-state index contributed by atoms with van der Waals surface area (Å²) < 4.78 is 106. The fourth-order valence-corrected chi connectivity index (χ4v) is 4.63. The van der Waals surface area contributed by atoms with Gasteiger partial charge in [0.15, 0.2) is 6.29 Å². The molecule has 0 spiro atoms. The summed E-state index contributed by atoms with van der Waals surface area (Å²) in [5.41, 5.74) is 3.44. The molecule has 1 aliphatic heterocycles. The number of aromatic nitrogens is 3. The Morgan fingerprint density at radius 2 is 0.964 bits per heavy atom. The van der Waals surface area contributed by atoms with Crippen LogP contribution in [-0.4, -0.2) is 64.9 Å². The molecule has 309 valence electrons. The average Bonchev–Trinajstić information content (AvgIpc) is 3.09. The van der Waals surface area contributed by atoms with Gasteiger partial charge in [0.05, 0.1) is 50.1 Å². The SMILES string of the molecule is CO[C@H]1O[C@H](COCc2ccccn2)[C@@H](OCc2ccccc2)[C@H](OCc2ccccn2)[C@@H]1OCc1ccccn1.O.[Co+2].[O-][Cl+3]([O-])([O-])[O-].[O-][Cl+3]([O-])([O-])[O-].[OH3+].[OH3+]. The molecule has 55 heavy (non-hydrogen) atoms. The third-order valence-electron chi connectivity index (χ3n) is 6.67. The molecule has 4 heterocycles. The van der Waals surface area contributed by atoms with E-state index in [2.05, 4.69) is 15.0 Å². The summed E-state index contributed by atoms with van der Waals surface area (Å²) in [6, 6.07) is 27.1. The second-order valence-corrected chi connectivity index (χ2v) is 11.8. The molecule has 23 heteroatoms. The Kier molecular flexibility index (Phi) is 28.0. The Labute approximate surface area is 330 Å². The molecule has 0 unspecified atom stereocenters. The molecule has 1 saturated heterocycles. The van der Waals surface area contributed by atoms with Gasteiger partial charge in [0, 0.05) is 25.7 Å². The molecule has 1 radical (unpaired) electrons. The van der Waals surface area contributed by atoms with Gasteiger partial charge in [-0.1, -0.05) is 48.5 Å². The minimum absolute atomic E-state index is 0. The van der Waals surface area contributed by atoms with E-state index in [9.17, 15) is 0 Å². The van der Waals surface area contributed by atoms with Crippen LogP contribution in [0, 0.1) is 20.5 Å². The van der Waals surface area contributed by atoms with E-state index in [1.807, 2.05) is 84.9 Å². The number of nitrogens with zero attached hydrogens (tertiary/aromatic N) is 3. The van der Waals surface area contributed by atoms with Gasteiger partial charge in [-0.15, -0.1) is 20.5 Å². The smallest absolute Gasteiger partial charge is 0.457 e. The van der Waals surface area contributed by atoms with Crippen molar-refractivity contribution in [3.8, 4) is 0 Å². The predicted octanol–water partition coefficient (Wildman–Crippen LogP) is -7.67. The van der Waals surface area contributed by atoms with Crippen molar-refractivity contribution in [2.75, 3.05) is 13.7 Å². The van der Waals surface area contributed by atoms with Gasteiger partial charge in [-0.3, -0.25) is 15.0 Å². The van der Waals surface area contributed by atoms with Crippen molar-refractivity contribution in [3.63, 3.8) is 0 Å². The number of pyridine rings is 3. The van der Waals surface area contributed by atoms with E-state index in [1.165, 1.54) is 0 Å². The summed E-state index contributed by atoms with van der Waals surface area (Å²) >= 11 is 0. The maximum Gasteiger partial charge on any atom is 2.00 e. The fourth-order valence-electron chi connectivity index (χ4n) is 4.63. The zero-order valence-electron chi connectivity index (χ0n) is 29.0. The van der Waals surface area contributed by atoms with E-state index in [-0.39, 0.29) is 53.0 Å². The fraction of sp³-hybridized carbons (Fsp3) is 0.344. The number of hydrogen-bond acceptors (Lipinski definition) is 17. The van der Waals surface area contributed by atoms with Crippen molar-refractivity contribution in [1.82, 2.24) is 15.0 Å². The number of rotatable bonds is 14. The first-order valence-corrected chi connectivity index (χ1v) is 17.3. The first-order chi connectivity index (χ1) is 24.3. The van der Waals surface area contributed by atoms with E-state index in [4.69, 9.17) is 65.7 Å². The van der Waals surface area contributed by atoms with E-state index in [0.717, 1.165) is 22.6 Å². The summed E-state index contributed by atoms with van der Waals surface area (Å²) in [6.07, 6.45) is 2.27. The van der Waals surface area contributed by atoms with Gasteiger partial charge in [0.2, 0.25) is 0 Å². The van der Waals surface area contributed by atoms with E-state index < -0.39 is 51.2 Å². The summed E-state index contributed by atoms with van der Waals surface area (Å²) in [7, 11) is -8.30. The molecule has 1 fully saturated rings. The Morgan fingerprint density at radius 3 is 1.38 bits per heavy atom. The second-order valence-electron chi connectivity index (χ2n) is 10.3. The third kappa shape index (κ3) is 23.7. The van der Waals surface area contributed by atoms with Crippen molar-refractivity contribution >= 4 is 0 Å². The minimum atomic E-state index is -4.94. The molecule has 5 atom stereocenters. The van der Waals surface area contributed by atoms with Crippen LogP contribution in [0.1, 0.15) is 22.6 Å². The molecule has 4 aromatic rings. The minimum Gasteiger partial charge on any atom is -0.457 e. The Balaban J connectivity index is 0. The summed E-state index contributed by atoms with van der Waals surface area (Å²) in [5, 5.41) is 0. The van der Waals surface area contributed by atoms with Gasteiger partial charge >= 0.3 is 16.8 Å². The average molecular weight is 872 g/mol.